The summed E-state index contributed by atoms with van der Waals surface area (Å²) in [4.78, 5) is 0. The Morgan fingerprint density at radius 1 is 0.703 bits per heavy atom. The molecule has 0 aliphatic rings. The van der Waals surface area contributed by atoms with Gasteiger partial charge < -0.3 is 14.9 Å². The molecule has 0 radical (unpaired) electrons. The second kappa shape index (κ2) is 9.73. The van der Waals surface area contributed by atoms with Crippen LogP contribution in [0.5, 0.6) is 17.2 Å². The highest BCUT2D eigenvalue weighted by Crippen LogP contribution is 2.37. The summed E-state index contributed by atoms with van der Waals surface area (Å²) in [5.74, 6) is -0.114. The normalized spacial score (nSPS) is 11.4. The van der Waals surface area contributed by atoms with E-state index in [-0.39, 0.29) is 17.2 Å². The molecule has 0 amide bonds. The van der Waals surface area contributed by atoms with Crippen molar-refractivity contribution < 1.29 is 28.1 Å². The number of benzene rings is 4. The predicted octanol–water partition coefficient (Wildman–Crippen LogP) is 7.11. The summed E-state index contributed by atoms with van der Waals surface area (Å²) in [6.07, 6.45) is -4.28. The number of ether oxygens (including phenoxy) is 1. The average molecular weight is 502 g/mol. The number of rotatable bonds is 6. The van der Waals surface area contributed by atoms with Crippen molar-refractivity contribution >= 4 is 0 Å². The lowest BCUT2D eigenvalue weighted by Gasteiger charge is -2.12. The van der Waals surface area contributed by atoms with E-state index in [1.165, 1.54) is 24.3 Å². The maximum absolute atomic E-state index is 12.7. The molecule has 4 aromatic carbocycles. The van der Waals surface area contributed by atoms with Crippen LogP contribution in [0.25, 0.3) is 28.2 Å². The molecule has 0 atom stereocenters. The molecule has 5 aromatic rings. The summed E-state index contributed by atoms with van der Waals surface area (Å²) in [6.45, 7) is 0. The highest BCUT2D eigenvalue weighted by atomic mass is 19.4. The minimum atomic E-state index is -4.79. The molecule has 1 aromatic heterocycles. The fraction of sp³-hybridized carbons (Fsp3) is 0.0690. The molecule has 0 fully saturated rings. The van der Waals surface area contributed by atoms with Crippen LogP contribution in [0.1, 0.15) is 11.1 Å². The van der Waals surface area contributed by atoms with E-state index in [4.69, 9.17) is 5.10 Å². The number of hydrogen-bond donors (Lipinski definition) is 2. The van der Waals surface area contributed by atoms with E-state index < -0.39 is 6.36 Å². The maximum atomic E-state index is 12.7. The molecule has 0 aliphatic heterocycles. The number of phenolic OH excluding ortho intramolecular Hbond substituents is 2. The third-order valence-corrected chi connectivity index (χ3v) is 5.80. The molecule has 5 nitrogen and oxygen atoms in total. The first kappa shape index (κ1) is 24.0. The Morgan fingerprint density at radius 3 is 1.84 bits per heavy atom. The maximum Gasteiger partial charge on any atom is 0.573 e. The van der Waals surface area contributed by atoms with Gasteiger partial charge >= 0.3 is 6.36 Å². The zero-order chi connectivity index (χ0) is 26.0. The minimum Gasteiger partial charge on any atom is -0.508 e. The van der Waals surface area contributed by atoms with Gasteiger partial charge in [0.2, 0.25) is 0 Å². The van der Waals surface area contributed by atoms with E-state index in [1.807, 2.05) is 30.3 Å². The lowest BCUT2D eigenvalue weighted by molar-refractivity contribution is -0.274. The molecule has 0 aliphatic carbocycles. The van der Waals surface area contributed by atoms with Crippen LogP contribution in [0.4, 0.5) is 13.2 Å². The molecule has 8 heteroatoms. The third-order valence-electron chi connectivity index (χ3n) is 5.80. The van der Waals surface area contributed by atoms with Crippen molar-refractivity contribution in [3.63, 3.8) is 0 Å². The quantitative estimate of drug-likeness (QED) is 0.260. The topological polar surface area (TPSA) is 67.5 Å². The fourth-order valence-electron chi connectivity index (χ4n) is 4.16. The largest absolute Gasteiger partial charge is 0.573 e. The van der Waals surface area contributed by atoms with Crippen molar-refractivity contribution in [3.8, 4) is 45.5 Å². The van der Waals surface area contributed by atoms with Gasteiger partial charge in [0.15, 0.2) is 0 Å². The van der Waals surface area contributed by atoms with Gasteiger partial charge in [0, 0.05) is 23.1 Å². The molecule has 2 N–H and O–H groups in total. The molecule has 1 heterocycles. The smallest absolute Gasteiger partial charge is 0.508 e. The summed E-state index contributed by atoms with van der Waals surface area (Å²) in [5, 5.41) is 24.6. The Kier molecular flexibility index (Phi) is 6.31. The van der Waals surface area contributed by atoms with Crippen molar-refractivity contribution in [1.29, 1.82) is 0 Å². The Labute approximate surface area is 210 Å². The number of nitrogens with zero attached hydrogens (tertiary/aromatic N) is 2. The second-order valence-electron chi connectivity index (χ2n) is 8.39. The zero-order valence-electron chi connectivity index (χ0n) is 19.4. The molecule has 0 spiro atoms. The first-order valence-electron chi connectivity index (χ1n) is 11.4. The number of aromatic hydroxyl groups is 2. The second-order valence-corrected chi connectivity index (χ2v) is 8.39. The van der Waals surface area contributed by atoms with Crippen LogP contribution >= 0.6 is 0 Å². The highest BCUT2D eigenvalue weighted by Gasteiger charge is 2.31. The molecule has 0 unspecified atom stereocenters. The van der Waals surface area contributed by atoms with Gasteiger partial charge in [-0.2, -0.15) is 5.10 Å². The zero-order valence-corrected chi connectivity index (χ0v) is 19.4. The average Bonchev–Trinajstić information content (AvgIpc) is 3.24. The fourth-order valence-corrected chi connectivity index (χ4v) is 4.16. The molecule has 5 rings (SSSR count). The number of hydrogen-bond acceptors (Lipinski definition) is 4. The molecule has 0 saturated carbocycles. The van der Waals surface area contributed by atoms with Crippen LogP contribution in [-0.2, 0) is 6.42 Å². The molecule has 37 heavy (non-hydrogen) atoms. The Morgan fingerprint density at radius 2 is 1.27 bits per heavy atom. The SMILES string of the molecule is Oc1ccc(-c2nn(-c3ccc(OC(F)(F)F)cc3)c(-c3ccc(O)cc3)c2Cc2ccccc2)cc1. The monoisotopic (exact) mass is 502 g/mol. The van der Waals surface area contributed by atoms with Gasteiger partial charge in [0.25, 0.3) is 0 Å². The van der Waals surface area contributed by atoms with Crippen LogP contribution in [0.2, 0.25) is 0 Å². The van der Waals surface area contributed by atoms with Crippen molar-refractivity contribution in [2.45, 2.75) is 12.8 Å². The lowest BCUT2D eigenvalue weighted by atomic mass is 9.96. The summed E-state index contributed by atoms with van der Waals surface area (Å²) in [5.41, 5.74) is 5.33. The van der Waals surface area contributed by atoms with Crippen molar-refractivity contribution in [2.75, 3.05) is 0 Å². The summed E-state index contributed by atoms with van der Waals surface area (Å²) < 4.78 is 43.8. The third kappa shape index (κ3) is 5.43. The van der Waals surface area contributed by atoms with E-state index in [1.54, 1.807) is 53.2 Å². The van der Waals surface area contributed by atoms with Crippen LogP contribution in [0.3, 0.4) is 0 Å². The molecular weight excluding hydrogens is 481 g/mol. The number of aromatic nitrogens is 2. The van der Waals surface area contributed by atoms with E-state index in [0.717, 1.165) is 27.9 Å². The van der Waals surface area contributed by atoms with Crippen LogP contribution in [0.15, 0.2) is 103 Å². The van der Waals surface area contributed by atoms with Crippen molar-refractivity contribution in [3.05, 3.63) is 114 Å². The summed E-state index contributed by atoms with van der Waals surface area (Å²) in [7, 11) is 0. The van der Waals surface area contributed by atoms with Gasteiger partial charge in [-0.3, -0.25) is 0 Å². The highest BCUT2D eigenvalue weighted by molar-refractivity contribution is 5.77. The van der Waals surface area contributed by atoms with Gasteiger partial charge in [0.1, 0.15) is 17.2 Å². The van der Waals surface area contributed by atoms with Gasteiger partial charge in [-0.15, -0.1) is 13.2 Å². The van der Waals surface area contributed by atoms with Crippen molar-refractivity contribution in [2.24, 2.45) is 0 Å². The first-order chi connectivity index (χ1) is 17.8. The van der Waals surface area contributed by atoms with Gasteiger partial charge in [-0.05, 0) is 78.4 Å². The Bertz CT molecular complexity index is 1490. The molecule has 0 saturated heterocycles. The standard InChI is InChI=1S/C29H21F3N2O3/c30-29(31,32)37-25-16-10-22(11-17-25)34-28(21-8-14-24(36)15-9-21)26(18-19-4-2-1-3-5-19)27(33-34)20-6-12-23(35)13-7-20/h1-17,35-36H,18H2. The van der Waals surface area contributed by atoms with Crippen molar-refractivity contribution in [1.82, 2.24) is 9.78 Å². The van der Waals surface area contributed by atoms with Crippen LogP contribution < -0.4 is 4.74 Å². The van der Waals surface area contributed by atoms with E-state index in [0.29, 0.717) is 17.8 Å². The lowest BCUT2D eigenvalue weighted by Crippen LogP contribution is -2.17. The first-order valence-corrected chi connectivity index (χ1v) is 11.4. The van der Waals surface area contributed by atoms with Crippen LogP contribution in [-0.4, -0.2) is 26.4 Å². The molecule has 0 bridgehead atoms. The van der Waals surface area contributed by atoms with E-state index in [2.05, 4.69) is 4.74 Å². The summed E-state index contributed by atoms with van der Waals surface area (Å²) >= 11 is 0. The number of halogens is 3. The van der Waals surface area contributed by atoms with Gasteiger partial charge in [-0.25, -0.2) is 4.68 Å². The molecular formula is C29H21F3N2O3. The number of phenols is 2. The van der Waals surface area contributed by atoms with Gasteiger partial charge in [-0.1, -0.05) is 30.3 Å². The van der Waals surface area contributed by atoms with Crippen LogP contribution in [0, 0.1) is 0 Å². The molecule has 186 valence electrons. The minimum absolute atomic E-state index is 0.104. The Balaban J connectivity index is 1.72. The van der Waals surface area contributed by atoms with E-state index in [9.17, 15) is 23.4 Å². The van der Waals surface area contributed by atoms with E-state index >= 15 is 0 Å². The Hall–Kier alpha value is -4.72. The van der Waals surface area contributed by atoms with Gasteiger partial charge in [0.05, 0.1) is 17.1 Å². The summed E-state index contributed by atoms with van der Waals surface area (Å²) in [6, 6.07) is 28.6. The number of alkyl halides is 3. The predicted molar refractivity (Wildman–Crippen MR) is 134 cm³/mol.